The van der Waals surface area contributed by atoms with Crippen LogP contribution in [0.5, 0.6) is 0 Å². The summed E-state index contributed by atoms with van der Waals surface area (Å²) in [4.78, 5) is 4.38. The number of nitrogens with zero attached hydrogens (tertiary/aromatic N) is 2. The first-order chi connectivity index (χ1) is 10.0. The molecule has 0 saturated carbocycles. The maximum atomic E-state index is 13.0. The van der Waals surface area contributed by atoms with Gasteiger partial charge in [0.25, 0.3) is 0 Å². The molecule has 2 aliphatic heterocycles. The Labute approximate surface area is 125 Å². The van der Waals surface area contributed by atoms with Gasteiger partial charge in [-0.15, -0.1) is 0 Å². The monoisotopic (exact) mass is 311 g/mol. The first-order valence-electron chi connectivity index (χ1n) is 7.44. The van der Waals surface area contributed by atoms with Crippen molar-refractivity contribution in [2.45, 2.75) is 55.7 Å². The molecule has 2 N–H and O–H groups in total. The predicted molar refractivity (Wildman–Crippen MR) is 79.5 cm³/mol. The lowest BCUT2D eigenvalue weighted by Gasteiger charge is -2.36. The highest BCUT2D eigenvalue weighted by Gasteiger charge is 2.47. The summed E-state index contributed by atoms with van der Waals surface area (Å²) in [5.41, 5.74) is 0. The van der Waals surface area contributed by atoms with E-state index >= 15 is 0 Å². The third-order valence-corrected chi connectivity index (χ3v) is 6.35. The Balaban J connectivity index is 1.98. The molecule has 0 aromatic carbocycles. The van der Waals surface area contributed by atoms with Gasteiger partial charge in [0.05, 0.1) is 6.10 Å². The van der Waals surface area contributed by atoms with E-state index in [1.807, 2.05) is 6.92 Å². The molecule has 2 atom stereocenters. The van der Waals surface area contributed by atoms with Crippen LogP contribution in [0.25, 0.3) is 0 Å². The number of sulfonamides is 1. The largest absolute Gasteiger partial charge is 0.393 e. The zero-order chi connectivity index (χ0) is 15.0. The lowest BCUT2D eigenvalue weighted by Crippen LogP contribution is -2.48. The number of aromatic nitrogens is 1. The standard InChI is InChI=1S/C14H21N3O3S/c1-2-15-14-13(4-3-7-16-14)21(19,20)17-10-5-6-11(17)9-12(18)8-10/h3-4,7,10-12,18H,2,5-6,8-9H2,1H3,(H,15,16). The molecule has 3 heterocycles. The Morgan fingerprint density at radius 1 is 1.38 bits per heavy atom. The highest BCUT2D eigenvalue weighted by Crippen LogP contribution is 2.40. The lowest BCUT2D eigenvalue weighted by molar-refractivity contribution is 0.0769. The predicted octanol–water partition coefficient (Wildman–Crippen LogP) is 1.19. The molecule has 0 aliphatic carbocycles. The molecule has 2 saturated heterocycles. The van der Waals surface area contributed by atoms with Crippen LogP contribution in [0.15, 0.2) is 23.2 Å². The van der Waals surface area contributed by atoms with Gasteiger partial charge in [0.1, 0.15) is 10.7 Å². The van der Waals surface area contributed by atoms with Crippen LogP contribution in [0.4, 0.5) is 5.82 Å². The average Bonchev–Trinajstić information content (AvgIpc) is 2.73. The summed E-state index contributed by atoms with van der Waals surface area (Å²) >= 11 is 0. The minimum absolute atomic E-state index is 0.0848. The Hall–Kier alpha value is -1.18. The summed E-state index contributed by atoms with van der Waals surface area (Å²) in [6.45, 7) is 2.52. The molecule has 0 amide bonds. The fourth-order valence-electron chi connectivity index (χ4n) is 3.51. The molecule has 2 bridgehead atoms. The second-order valence-corrected chi connectivity index (χ2v) is 7.54. The van der Waals surface area contributed by atoms with E-state index < -0.39 is 10.0 Å². The number of nitrogens with one attached hydrogen (secondary N) is 1. The summed E-state index contributed by atoms with van der Waals surface area (Å²) < 4.78 is 27.6. The number of aliphatic hydroxyl groups is 1. The van der Waals surface area contributed by atoms with Crippen molar-refractivity contribution < 1.29 is 13.5 Å². The van der Waals surface area contributed by atoms with Gasteiger partial charge >= 0.3 is 0 Å². The van der Waals surface area contributed by atoms with Gasteiger partial charge in [-0.1, -0.05) is 0 Å². The first kappa shape index (κ1) is 14.7. The van der Waals surface area contributed by atoms with Crippen LogP contribution >= 0.6 is 0 Å². The number of piperidine rings is 1. The summed E-state index contributed by atoms with van der Waals surface area (Å²) in [6.07, 6.45) is 3.94. The molecule has 1 aromatic heterocycles. The second-order valence-electron chi connectivity index (χ2n) is 5.73. The zero-order valence-electron chi connectivity index (χ0n) is 12.1. The summed E-state index contributed by atoms with van der Waals surface area (Å²) in [7, 11) is -3.58. The van der Waals surface area contributed by atoms with E-state index in [-0.39, 0.29) is 23.1 Å². The fraction of sp³-hybridized carbons (Fsp3) is 0.643. The van der Waals surface area contributed by atoms with E-state index in [2.05, 4.69) is 10.3 Å². The Morgan fingerprint density at radius 2 is 2.05 bits per heavy atom. The van der Waals surface area contributed by atoms with Crippen LogP contribution in [0, 0.1) is 0 Å². The second kappa shape index (κ2) is 5.55. The molecule has 116 valence electrons. The maximum Gasteiger partial charge on any atom is 0.247 e. The quantitative estimate of drug-likeness (QED) is 0.873. The van der Waals surface area contributed by atoms with Crippen LogP contribution in [0.3, 0.4) is 0 Å². The molecule has 0 spiro atoms. The van der Waals surface area contributed by atoms with Gasteiger partial charge in [-0.3, -0.25) is 0 Å². The Morgan fingerprint density at radius 3 is 2.67 bits per heavy atom. The van der Waals surface area contributed by atoms with Gasteiger partial charge in [0.15, 0.2) is 0 Å². The highest BCUT2D eigenvalue weighted by atomic mass is 32.2. The van der Waals surface area contributed by atoms with Crippen LogP contribution < -0.4 is 5.32 Å². The summed E-state index contributed by atoms with van der Waals surface area (Å²) in [5, 5.41) is 12.9. The van der Waals surface area contributed by atoms with Crippen molar-refractivity contribution in [3.63, 3.8) is 0 Å². The maximum absolute atomic E-state index is 13.0. The smallest absolute Gasteiger partial charge is 0.247 e. The van der Waals surface area contributed by atoms with Gasteiger partial charge in [-0.2, -0.15) is 4.31 Å². The first-order valence-corrected chi connectivity index (χ1v) is 8.88. The number of fused-ring (bicyclic) bond motifs is 2. The topological polar surface area (TPSA) is 82.5 Å². The van der Waals surface area contributed by atoms with Crippen LogP contribution in [0.2, 0.25) is 0 Å². The number of anilines is 1. The summed E-state index contributed by atoms with van der Waals surface area (Å²) in [5.74, 6) is 0.408. The van der Waals surface area contributed by atoms with Crippen molar-refractivity contribution in [2.75, 3.05) is 11.9 Å². The molecular weight excluding hydrogens is 290 g/mol. The van der Waals surface area contributed by atoms with Gasteiger partial charge in [-0.25, -0.2) is 13.4 Å². The molecule has 2 fully saturated rings. The van der Waals surface area contributed by atoms with E-state index in [9.17, 15) is 13.5 Å². The normalized spacial score (nSPS) is 29.5. The minimum atomic E-state index is -3.58. The van der Waals surface area contributed by atoms with Gasteiger partial charge in [0, 0.05) is 24.8 Å². The molecule has 2 aliphatic rings. The fourth-order valence-corrected chi connectivity index (χ4v) is 5.53. The van der Waals surface area contributed by atoms with Crippen molar-refractivity contribution in [1.29, 1.82) is 0 Å². The van der Waals surface area contributed by atoms with E-state index in [1.54, 1.807) is 22.6 Å². The molecule has 2 unspecified atom stereocenters. The van der Waals surface area contributed by atoms with E-state index in [4.69, 9.17) is 0 Å². The molecule has 0 radical (unpaired) electrons. The van der Waals surface area contributed by atoms with E-state index in [1.165, 1.54) is 0 Å². The number of aliphatic hydroxyl groups excluding tert-OH is 1. The Kier molecular flexibility index (Phi) is 3.90. The number of hydrogen-bond donors (Lipinski definition) is 2. The van der Waals surface area contributed by atoms with Crippen molar-refractivity contribution in [2.24, 2.45) is 0 Å². The highest BCUT2D eigenvalue weighted by molar-refractivity contribution is 7.89. The van der Waals surface area contributed by atoms with Gasteiger partial charge in [-0.05, 0) is 44.7 Å². The third-order valence-electron chi connectivity index (χ3n) is 4.31. The number of pyridine rings is 1. The van der Waals surface area contributed by atoms with Crippen LogP contribution in [0.1, 0.15) is 32.6 Å². The average molecular weight is 311 g/mol. The summed E-state index contributed by atoms with van der Waals surface area (Å²) in [6, 6.07) is 3.08. The third kappa shape index (κ3) is 2.54. The van der Waals surface area contributed by atoms with Crippen molar-refractivity contribution in [3.05, 3.63) is 18.3 Å². The number of rotatable bonds is 4. The van der Waals surface area contributed by atoms with Crippen molar-refractivity contribution >= 4 is 15.8 Å². The number of hydrogen-bond acceptors (Lipinski definition) is 5. The van der Waals surface area contributed by atoms with Gasteiger partial charge < -0.3 is 10.4 Å². The van der Waals surface area contributed by atoms with Crippen LogP contribution in [-0.2, 0) is 10.0 Å². The van der Waals surface area contributed by atoms with Crippen molar-refractivity contribution in [3.8, 4) is 0 Å². The molecule has 6 nitrogen and oxygen atoms in total. The molecule has 3 rings (SSSR count). The Bertz CT molecular complexity index is 606. The lowest BCUT2D eigenvalue weighted by atomic mass is 10.0. The van der Waals surface area contributed by atoms with Crippen LogP contribution in [-0.4, -0.2) is 47.5 Å². The molecule has 21 heavy (non-hydrogen) atoms. The molecular formula is C14H21N3O3S. The van der Waals surface area contributed by atoms with Gasteiger partial charge in [0.2, 0.25) is 10.0 Å². The SMILES string of the molecule is CCNc1ncccc1S(=O)(=O)N1C2CCC1CC(O)C2. The molecule has 7 heteroatoms. The van der Waals surface area contributed by atoms with E-state index in [0.717, 1.165) is 12.8 Å². The molecule has 1 aromatic rings. The van der Waals surface area contributed by atoms with Crippen molar-refractivity contribution in [1.82, 2.24) is 9.29 Å². The zero-order valence-corrected chi connectivity index (χ0v) is 12.9. The van der Waals surface area contributed by atoms with E-state index in [0.29, 0.717) is 25.2 Å². The minimum Gasteiger partial charge on any atom is -0.393 e.